The van der Waals surface area contributed by atoms with Gasteiger partial charge in [-0.15, -0.1) is 5.10 Å². The average molecular weight is 351 g/mol. The molecular weight excluding hydrogens is 333 g/mol. The van der Waals surface area contributed by atoms with E-state index in [0.29, 0.717) is 12.2 Å². The third-order valence-corrected chi connectivity index (χ3v) is 4.48. The van der Waals surface area contributed by atoms with Crippen LogP contribution in [0.15, 0.2) is 54.7 Å². The fourth-order valence-electron chi connectivity index (χ4n) is 3.10. The highest BCUT2D eigenvalue weighted by molar-refractivity contribution is 6.05. The summed E-state index contributed by atoms with van der Waals surface area (Å²) in [6.07, 6.45) is 1.58. The molecule has 1 aromatic heterocycles. The molecular formula is C19H18FN5O. The van der Waals surface area contributed by atoms with Gasteiger partial charge in [0.25, 0.3) is 5.91 Å². The van der Waals surface area contributed by atoms with Gasteiger partial charge in [0.15, 0.2) is 5.69 Å². The largest absolute Gasteiger partial charge is 0.305 e. The number of amides is 1. The summed E-state index contributed by atoms with van der Waals surface area (Å²) in [6, 6.07) is 13.8. The van der Waals surface area contributed by atoms with Gasteiger partial charge < -0.3 is 9.80 Å². The molecule has 0 aliphatic carbocycles. The highest BCUT2D eigenvalue weighted by Crippen LogP contribution is 2.25. The topological polar surface area (TPSA) is 54.3 Å². The molecule has 0 atom stereocenters. The Labute approximate surface area is 150 Å². The van der Waals surface area contributed by atoms with Crippen molar-refractivity contribution in [3.63, 3.8) is 0 Å². The SMILES string of the molecule is CN1CCN(C(=O)c2cn(-c3ccc(F)cc3)nn2)c2ccccc2C1. The Balaban J connectivity index is 1.65. The first kappa shape index (κ1) is 16.4. The number of rotatable bonds is 2. The molecule has 0 radical (unpaired) electrons. The van der Waals surface area contributed by atoms with Crippen molar-refractivity contribution in [3.05, 3.63) is 71.8 Å². The molecule has 0 saturated heterocycles. The number of anilines is 1. The second-order valence-electron chi connectivity index (χ2n) is 6.35. The molecule has 7 heteroatoms. The highest BCUT2D eigenvalue weighted by atomic mass is 19.1. The van der Waals surface area contributed by atoms with Gasteiger partial charge in [-0.2, -0.15) is 0 Å². The van der Waals surface area contributed by atoms with Gasteiger partial charge in [0.05, 0.1) is 11.9 Å². The van der Waals surface area contributed by atoms with E-state index in [1.807, 2.05) is 31.3 Å². The average Bonchev–Trinajstić information content (AvgIpc) is 3.07. The van der Waals surface area contributed by atoms with Crippen molar-refractivity contribution in [1.29, 1.82) is 0 Å². The van der Waals surface area contributed by atoms with Gasteiger partial charge in [-0.05, 0) is 42.9 Å². The monoisotopic (exact) mass is 351 g/mol. The Hall–Kier alpha value is -3.06. The van der Waals surface area contributed by atoms with Crippen LogP contribution in [0.1, 0.15) is 16.1 Å². The number of aromatic nitrogens is 3. The number of nitrogens with zero attached hydrogens (tertiary/aromatic N) is 5. The molecule has 2 aromatic carbocycles. The zero-order valence-electron chi connectivity index (χ0n) is 14.3. The van der Waals surface area contributed by atoms with E-state index in [1.165, 1.54) is 16.8 Å². The number of hydrogen-bond donors (Lipinski definition) is 0. The molecule has 2 heterocycles. The molecule has 132 valence electrons. The van der Waals surface area contributed by atoms with Gasteiger partial charge in [0.1, 0.15) is 5.82 Å². The first-order valence-electron chi connectivity index (χ1n) is 8.38. The number of para-hydroxylation sites is 1. The summed E-state index contributed by atoms with van der Waals surface area (Å²) >= 11 is 0. The van der Waals surface area contributed by atoms with E-state index in [0.717, 1.165) is 24.3 Å². The number of benzene rings is 2. The van der Waals surface area contributed by atoms with Gasteiger partial charge in [0.2, 0.25) is 0 Å². The van der Waals surface area contributed by atoms with Crippen molar-refractivity contribution < 1.29 is 9.18 Å². The van der Waals surface area contributed by atoms with Crippen molar-refractivity contribution in [3.8, 4) is 5.69 Å². The Morgan fingerprint density at radius 1 is 1.08 bits per heavy atom. The van der Waals surface area contributed by atoms with E-state index in [2.05, 4.69) is 15.2 Å². The second-order valence-corrected chi connectivity index (χ2v) is 6.35. The Morgan fingerprint density at radius 2 is 1.85 bits per heavy atom. The molecule has 6 nitrogen and oxygen atoms in total. The van der Waals surface area contributed by atoms with Crippen molar-refractivity contribution in [1.82, 2.24) is 19.9 Å². The van der Waals surface area contributed by atoms with Crippen LogP contribution in [0.25, 0.3) is 5.69 Å². The third-order valence-electron chi connectivity index (χ3n) is 4.48. The van der Waals surface area contributed by atoms with Crippen LogP contribution in [0.4, 0.5) is 10.1 Å². The van der Waals surface area contributed by atoms with Crippen LogP contribution in [-0.4, -0.2) is 45.9 Å². The minimum atomic E-state index is -0.324. The molecule has 0 unspecified atom stereocenters. The smallest absolute Gasteiger partial charge is 0.280 e. The van der Waals surface area contributed by atoms with E-state index in [1.54, 1.807) is 23.2 Å². The predicted molar refractivity (Wildman–Crippen MR) is 95.8 cm³/mol. The summed E-state index contributed by atoms with van der Waals surface area (Å²) < 4.78 is 14.6. The minimum absolute atomic E-state index is 0.193. The zero-order valence-corrected chi connectivity index (χ0v) is 14.3. The molecule has 0 bridgehead atoms. The normalized spacial score (nSPS) is 14.8. The van der Waals surface area contributed by atoms with E-state index >= 15 is 0 Å². The van der Waals surface area contributed by atoms with Crippen LogP contribution in [-0.2, 0) is 6.54 Å². The maximum atomic E-state index is 13.1. The molecule has 1 aliphatic rings. The highest BCUT2D eigenvalue weighted by Gasteiger charge is 2.25. The fraction of sp³-hybridized carbons (Fsp3) is 0.211. The quantitative estimate of drug-likeness (QED) is 0.712. The summed E-state index contributed by atoms with van der Waals surface area (Å²) in [5, 5.41) is 8.04. The van der Waals surface area contributed by atoms with E-state index in [4.69, 9.17) is 0 Å². The summed E-state index contributed by atoms with van der Waals surface area (Å²) in [4.78, 5) is 17.0. The molecule has 3 aromatic rings. The Morgan fingerprint density at radius 3 is 2.65 bits per heavy atom. The first-order valence-corrected chi connectivity index (χ1v) is 8.38. The minimum Gasteiger partial charge on any atom is -0.305 e. The number of likely N-dealkylation sites (N-methyl/N-ethyl adjacent to an activating group) is 1. The lowest BCUT2D eigenvalue weighted by atomic mass is 10.1. The molecule has 1 amide bonds. The van der Waals surface area contributed by atoms with Crippen molar-refractivity contribution in [2.24, 2.45) is 0 Å². The number of carbonyl (C=O) groups excluding carboxylic acids is 1. The molecule has 26 heavy (non-hydrogen) atoms. The number of halogens is 1. The fourth-order valence-corrected chi connectivity index (χ4v) is 3.10. The Bertz CT molecular complexity index is 937. The second kappa shape index (κ2) is 6.68. The van der Waals surface area contributed by atoms with Gasteiger partial charge in [-0.3, -0.25) is 4.79 Å². The van der Waals surface area contributed by atoms with E-state index in [-0.39, 0.29) is 17.4 Å². The van der Waals surface area contributed by atoms with E-state index in [9.17, 15) is 9.18 Å². The number of fused-ring (bicyclic) bond motifs is 1. The van der Waals surface area contributed by atoms with Crippen molar-refractivity contribution >= 4 is 11.6 Å². The molecule has 1 aliphatic heterocycles. The molecule has 0 N–H and O–H groups in total. The van der Waals surface area contributed by atoms with Crippen LogP contribution < -0.4 is 4.90 Å². The molecule has 0 saturated carbocycles. The first-order chi connectivity index (χ1) is 12.6. The summed E-state index contributed by atoms with van der Waals surface area (Å²) in [6.45, 7) is 2.14. The molecule has 4 rings (SSSR count). The summed E-state index contributed by atoms with van der Waals surface area (Å²) in [7, 11) is 2.04. The van der Waals surface area contributed by atoms with Gasteiger partial charge in [-0.1, -0.05) is 23.4 Å². The van der Waals surface area contributed by atoms with Crippen LogP contribution in [0.2, 0.25) is 0 Å². The zero-order chi connectivity index (χ0) is 18.1. The molecule has 0 spiro atoms. The van der Waals surface area contributed by atoms with Crippen LogP contribution >= 0.6 is 0 Å². The third kappa shape index (κ3) is 3.09. The maximum Gasteiger partial charge on any atom is 0.280 e. The van der Waals surface area contributed by atoms with Crippen molar-refractivity contribution in [2.45, 2.75) is 6.54 Å². The number of carbonyl (C=O) groups is 1. The van der Waals surface area contributed by atoms with Crippen LogP contribution in [0.3, 0.4) is 0 Å². The molecule has 0 fully saturated rings. The van der Waals surface area contributed by atoms with Gasteiger partial charge >= 0.3 is 0 Å². The Kier molecular flexibility index (Phi) is 4.22. The van der Waals surface area contributed by atoms with Crippen LogP contribution in [0.5, 0.6) is 0 Å². The maximum absolute atomic E-state index is 13.1. The lowest BCUT2D eigenvalue weighted by Gasteiger charge is -2.21. The standard InChI is InChI=1S/C19H18FN5O/c1-23-10-11-24(18-5-3-2-4-14(18)12-23)19(26)17-13-25(22-21-17)16-8-6-15(20)7-9-16/h2-9,13H,10-12H2,1H3. The summed E-state index contributed by atoms with van der Waals surface area (Å²) in [5.74, 6) is -0.517. The van der Waals surface area contributed by atoms with Crippen LogP contribution in [0, 0.1) is 5.82 Å². The summed E-state index contributed by atoms with van der Waals surface area (Å²) in [5.41, 5.74) is 2.91. The van der Waals surface area contributed by atoms with Crippen molar-refractivity contribution in [2.75, 3.05) is 25.0 Å². The van der Waals surface area contributed by atoms with Gasteiger partial charge in [-0.25, -0.2) is 9.07 Å². The predicted octanol–water partition coefficient (Wildman–Crippen LogP) is 2.50. The van der Waals surface area contributed by atoms with Gasteiger partial charge in [0, 0.05) is 25.3 Å². The number of hydrogen-bond acceptors (Lipinski definition) is 4. The van der Waals surface area contributed by atoms with E-state index < -0.39 is 0 Å². The lowest BCUT2D eigenvalue weighted by molar-refractivity contribution is 0.0981. The lowest BCUT2D eigenvalue weighted by Crippen LogP contribution is -2.35.